The number of nitrogens with two attached hydrogens (primary N) is 1. The fourth-order valence-corrected chi connectivity index (χ4v) is 1.47. The molecule has 0 unspecified atom stereocenters. The lowest BCUT2D eigenvalue weighted by Crippen LogP contribution is -2.30. The van der Waals surface area contributed by atoms with Gasteiger partial charge in [0, 0.05) is 6.20 Å². The molecule has 5 nitrogen and oxygen atoms in total. The topological polar surface area (TPSA) is 77.2 Å². The summed E-state index contributed by atoms with van der Waals surface area (Å²) in [6, 6.07) is 3.47. The van der Waals surface area contributed by atoms with Crippen molar-refractivity contribution >= 4 is 5.91 Å². The third-order valence-corrected chi connectivity index (χ3v) is 2.74. The average Bonchev–Trinajstić information content (AvgIpc) is 2.27. The molecule has 86 valence electrons. The first-order chi connectivity index (χ1) is 7.79. The Morgan fingerprint density at radius 3 is 2.88 bits per heavy atom. The van der Waals surface area contributed by atoms with Gasteiger partial charge in [0.05, 0.1) is 24.0 Å². The molecule has 3 N–H and O–H groups in total. The lowest BCUT2D eigenvalue weighted by Gasteiger charge is -2.25. The first-order valence-corrected chi connectivity index (χ1v) is 5.37. The zero-order chi connectivity index (χ0) is 11.4. The van der Waals surface area contributed by atoms with Crippen LogP contribution < -0.4 is 11.3 Å². The van der Waals surface area contributed by atoms with E-state index in [1.807, 2.05) is 0 Å². The van der Waals surface area contributed by atoms with Crippen molar-refractivity contribution in [2.45, 2.75) is 32.0 Å². The smallest absolute Gasteiger partial charge is 0.266 e. The van der Waals surface area contributed by atoms with E-state index in [1.165, 1.54) is 12.6 Å². The summed E-state index contributed by atoms with van der Waals surface area (Å²) in [5.41, 5.74) is 3.35. The molecule has 0 aromatic carbocycles. The van der Waals surface area contributed by atoms with Crippen LogP contribution in [0.5, 0.6) is 0 Å². The van der Waals surface area contributed by atoms with Crippen LogP contribution in [-0.2, 0) is 11.3 Å². The van der Waals surface area contributed by atoms with Crippen molar-refractivity contribution in [3.63, 3.8) is 0 Å². The van der Waals surface area contributed by atoms with Crippen LogP contribution in [0.2, 0.25) is 0 Å². The first kappa shape index (κ1) is 11.0. The fourth-order valence-electron chi connectivity index (χ4n) is 1.47. The first-order valence-electron chi connectivity index (χ1n) is 5.37. The van der Waals surface area contributed by atoms with Crippen molar-refractivity contribution in [2.24, 2.45) is 5.84 Å². The van der Waals surface area contributed by atoms with Crippen LogP contribution in [0.4, 0.5) is 0 Å². The number of rotatable bonds is 4. The maximum Gasteiger partial charge on any atom is 0.266 e. The van der Waals surface area contributed by atoms with Crippen LogP contribution in [0.3, 0.4) is 0 Å². The number of hydrazine groups is 1. The van der Waals surface area contributed by atoms with E-state index >= 15 is 0 Å². The van der Waals surface area contributed by atoms with Gasteiger partial charge in [-0.3, -0.25) is 15.2 Å². The van der Waals surface area contributed by atoms with Crippen molar-refractivity contribution in [1.82, 2.24) is 10.4 Å². The highest BCUT2D eigenvalue weighted by atomic mass is 16.5. The van der Waals surface area contributed by atoms with Gasteiger partial charge in [-0.05, 0) is 31.4 Å². The van der Waals surface area contributed by atoms with Crippen molar-refractivity contribution in [3.05, 3.63) is 29.6 Å². The lowest BCUT2D eigenvalue weighted by molar-refractivity contribution is -0.0101. The Hall–Kier alpha value is -1.46. The standard InChI is InChI=1S/C11H15N3O2/c12-14-11(15)8-4-5-9(13-6-8)7-16-10-2-1-3-10/h4-6,10H,1-3,7,12H2,(H,14,15). The van der Waals surface area contributed by atoms with Gasteiger partial charge in [0.15, 0.2) is 0 Å². The number of carbonyl (C=O) groups excluding carboxylic acids is 1. The minimum Gasteiger partial charge on any atom is -0.372 e. The number of amides is 1. The van der Waals surface area contributed by atoms with Crippen LogP contribution in [-0.4, -0.2) is 17.0 Å². The Balaban J connectivity index is 1.88. The van der Waals surface area contributed by atoms with E-state index in [0.717, 1.165) is 18.5 Å². The molecule has 0 bridgehead atoms. The summed E-state index contributed by atoms with van der Waals surface area (Å²) in [5, 5.41) is 0. The molecule has 1 aromatic heterocycles. The normalized spacial score (nSPS) is 15.6. The number of nitrogens with one attached hydrogen (secondary N) is 1. The van der Waals surface area contributed by atoms with E-state index in [2.05, 4.69) is 10.4 Å². The van der Waals surface area contributed by atoms with Gasteiger partial charge >= 0.3 is 0 Å². The van der Waals surface area contributed by atoms with Crippen molar-refractivity contribution in [2.75, 3.05) is 0 Å². The molecule has 1 fully saturated rings. The molecule has 0 spiro atoms. The number of aromatic nitrogens is 1. The number of hydrogen-bond acceptors (Lipinski definition) is 4. The zero-order valence-corrected chi connectivity index (χ0v) is 8.98. The van der Waals surface area contributed by atoms with Gasteiger partial charge in [0.2, 0.25) is 0 Å². The second-order valence-corrected chi connectivity index (χ2v) is 3.88. The molecule has 1 heterocycles. The van der Waals surface area contributed by atoms with Gasteiger partial charge in [-0.2, -0.15) is 0 Å². The maximum atomic E-state index is 11.1. The number of nitrogen functional groups attached to an aromatic ring is 1. The van der Waals surface area contributed by atoms with Crippen LogP contribution in [0.15, 0.2) is 18.3 Å². The number of pyridine rings is 1. The Bertz CT molecular complexity index is 360. The molecular weight excluding hydrogens is 206 g/mol. The predicted molar refractivity (Wildman–Crippen MR) is 58.3 cm³/mol. The summed E-state index contributed by atoms with van der Waals surface area (Å²) >= 11 is 0. The number of carbonyl (C=O) groups is 1. The van der Waals surface area contributed by atoms with Gasteiger partial charge in [0.1, 0.15) is 0 Å². The summed E-state index contributed by atoms with van der Waals surface area (Å²) < 4.78 is 5.60. The molecule has 0 aliphatic heterocycles. The Labute approximate surface area is 94.0 Å². The molecule has 0 atom stereocenters. The molecule has 1 aromatic rings. The van der Waals surface area contributed by atoms with Crippen LogP contribution in [0, 0.1) is 0 Å². The summed E-state index contributed by atoms with van der Waals surface area (Å²) in [7, 11) is 0. The molecule has 1 aliphatic rings. The minimum atomic E-state index is -0.334. The van der Waals surface area contributed by atoms with Gasteiger partial charge in [0.25, 0.3) is 5.91 Å². The van der Waals surface area contributed by atoms with E-state index in [9.17, 15) is 4.79 Å². The molecular formula is C11H15N3O2. The van der Waals surface area contributed by atoms with Crippen molar-refractivity contribution in [3.8, 4) is 0 Å². The average molecular weight is 221 g/mol. The number of hydrogen-bond donors (Lipinski definition) is 2. The van der Waals surface area contributed by atoms with Crippen molar-refractivity contribution in [1.29, 1.82) is 0 Å². The molecule has 16 heavy (non-hydrogen) atoms. The Kier molecular flexibility index (Phi) is 3.48. The molecule has 1 aliphatic carbocycles. The highest BCUT2D eigenvalue weighted by Gasteiger charge is 2.17. The summed E-state index contributed by atoms with van der Waals surface area (Å²) in [6.07, 6.45) is 5.45. The highest BCUT2D eigenvalue weighted by Crippen LogP contribution is 2.22. The van der Waals surface area contributed by atoms with Crippen LogP contribution in [0.25, 0.3) is 0 Å². The van der Waals surface area contributed by atoms with Crippen LogP contribution >= 0.6 is 0 Å². The SMILES string of the molecule is NNC(=O)c1ccc(COC2CCC2)nc1. The van der Waals surface area contributed by atoms with E-state index in [4.69, 9.17) is 10.6 Å². The molecule has 5 heteroatoms. The zero-order valence-electron chi connectivity index (χ0n) is 8.98. The second kappa shape index (κ2) is 5.05. The Morgan fingerprint density at radius 2 is 2.38 bits per heavy atom. The fraction of sp³-hybridized carbons (Fsp3) is 0.455. The largest absolute Gasteiger partial charge is 0.372 e. The van der Waals surface area contributed by atoms with Gasteiger partial charge in [-0.1, -0.05) is 0 Å². The monoisotopic (exact) mass is 221 g/mol. The second-order valence-electron chi connectivity index (χ2n) is 3.88. The van der Waals surface area contributed by atoms with E-state index in [1.54, 1.807) is 12.1 Å². The molecule has 0 radical (unpaired) electrons. The molecule has 1 amide bonds. The van der Waals surface area contributed by atoms with Gasteiger partial charge < -0.3 is 4.74 Å². The van der Waals surface area contributed by atoms with E-state index in [-0.39, 0.29) is 5.91 Å². The summed E-state index contributed by atoms with van der Waals surface area (Å²) in [4.78, 5) is 15.3. The third-order valence-electron chi connectivity index (χ3n) is 2.74. The quantitative estimate of drug-likeness (QED) is 0.447. The molecule has 1 saturated carbocycles. The maximum absolute atomic E-state index is 11.1. The lowest BCUT2D eigenvalue weighted by atomic mass is 9.96. The van der Waals surface area contributed by atoms with Gasteiger partial charge in [-0.25, -0.2) is 5.84 Å². The predicted octanol–water partition coefficient (Wildman–Crippen LogP) is 0.754. The third kappa shape index (κ3) is 2.56. The summed E-state index contributed by atoms with van der Waals surface area (Å²) in [6.45, 7) is 0.509. The number of ether oxygens (including phenoxy) is 1. The van der Waals surface area contributed by atoms with Crippen molar-refractivity contribution < 1.29 is 9.53 Å². The Morgan fingerprint density at radius 1 is 1.56 bits per heavy atom. The number of nitrogens with zero attached hydrogens (tertiary/aromatic N) is 1. The van der Waals surface area contributed by atoms with E-state index in [0.29, 0.717) is 18.3 Å². The molecule has 0 saturated heterocycles. The molecule has 2 rings (SSSR count). The highest BCUT2D eigenvalue weighted by molar-refractivity contribution is 5.93. The summed E-state index contributed by atoms with van der Waals surface area (Å²) in [5.74, 6) is 4.68. The van der Waals surface area contributed by atoms with Gasteiger partial charge in [-0.15, -0.1) is 0 Å². The van der Waals surface area contributed by atoms with E-state index < -0.39 is 0 Å². The van der Waals surface area contributed by atoms with Crippen LogP contribution in [0.1, 0.15) is 35.3 Å². The minimum absolute atomic E-state index is 0.334.